The van der Waals surface area contributed by atoms with E-state index < -0.39 is 72.9 Å². The molecule has 0 aromatic heterocycles. The van der Waals surface area contributed by atoms with E-state index >= 15 is 0 Å². The predicted octanol–water partition coefficient (Wildman–Crippen LogP) is 2.07. The van der Waals surface area contributed by atoms with Gasteiger partial charge in [0.05, 0.1) is 5.56 Å². The second-order valence-electron chi connectivity index (χ2n) is 7.79. The van der Waals surface area contributed by atoms with Crippen molar-refractivity contribution in [3.63, 3.8) is 0 Å². The number of ether oxygens (including phenoxy) is 5. The number of carbonyl (C=O) groups excluding carboxylic acids is 4. The van der Waals surface area contributed by atoms with E-state index in [-0.39, 0.29) is 10.8 Å². The molecular formula is C22H25F3N2O9S. The Morgan fingerprint density at radius 2 is 1.38 bits per heavy atom. The topological polar surface area (TPSA) is 138 Å². The number of esters is 4. The van der Waals surface area contributed by atoms with Crippen molar-refractivity contribution in [1.82, 2.24) is 5.32 Å². The molecule has 1 saturated heterocycles. The van der Waals surface area contributed by atoms with Crippen LogP contribution in [0.25, 0.3) is 0 Å². The van der Waals surface area contributed by atoms with Crippen molar-refractivity contribution in [2.75, 3.05) is 11.9 Å². The molecular weight excluding hydrogens is 525 g/mol. The molecule has 0 radical (unpaired) electrons. The molecule has 0 aliphatic carbocycles. The van der Waals surface area contributed by atoms with Crippen LogP contribution in [0.1, 0.15) is 33.3 Å². The monoisotopic (exact) mass is 550 g/mol. The smallest absolute Gasteiger partial charge is 0.416 e. The van der Waals surface area contributed by atoms with Crippen LogP contribution in [0.2, 0.25) is 0 Å². The molecule has 37 heavy (non-hydrogen) atoms. The summed E-state index contributed by atoms with van der Waals surface area (Å²) < 4.78 is 65.1. The van der Waals surface area contributed by atoms with Gasteiger partial charge in [-0.05, 0) is 36.5 Å². The van der Waals surface area contributed by atoms with Gasteiger partial charge in [0.25, 0.3) is 0 Å². The molecule has 0 amide bonds. The lowest BCUT2D eigenvalue weighted by Crippen LogP contribution is -2.66. The Kier molecular flexibility index (Phi) is 10.2. The van der Waals surface area contributed by atoms with E-state index in [0.29, 0.717) is 0 Å². The molecule has 0 unspecified atom stereocenters. The normalized spacial score (nSPS) is 23.3. The molecule has 1 aromatic rings. The molecule has 0 bridgehead atoms. The molecule has 1 heterocycles. The highest BCUT2D eigenvalue weighted by Gasteiger charge is 2.52. The van der Waals surface area contributed by atoms with Crippen molar-refractivity contribution in [3.05, 3.63) is 29.8 Å². The number of hydrogen-bond acceptors (Lipinski definition) is 10. The summed E-state index contributed by atoms with van der Waals surface area (Å²) in [7, 11) is 0. The van der Waals surface area contributed by atoms with Crippen LogP contribution >= 0.6 is 12.2 Å². The summed E-state index contributed by atoms with van der Waals surface area (Å²) >= 11 is 5.22. The first-order valence-corrected chi connectivity index (χ1v) is 11.1. The Labute approximate surface area is 214 Å². The minimum Gasteiger partial charge on any atom is -0.463 e. The zero-order valence-electron chi connectivity index (χ0n) is 20.1. The van der Waals surface area contributed by atoms with E-state index in [1.807, 2.05) is 0 Å². The Morgan fingerprint density at radius 3 is 1.86 bits per heavy atom. The fourth-order valence-corrected chi connectivity index (χ4v) is 3.62. The van der Waals surface area contributed by atoms with Crippen LogP contribution in [0, 0.1) is 0 Å². The Bertz CT molecular complexity index is 1020. The number of alkyl halides is 3. The summed E-state index contributed by atoms with van der Waals surface area (Å²) in [6, 6.07) is 3.98. The number of rotatable bonds is 7. The van der Waals surface area contributed by atoms with Gasteiger partial charge in [0.1, 0.15) is 12.7 Å². The summed E-state index contributed by atoms with van der Waals surface area (Å²) in [5.41, 5.74) is -0.673. The Hall–Kier alpha value is -3.46. The van der Waals surface area contributed by atoms with Gasteiger partial charge in [-0.3, -0.25) is 19.2 Å². The number of nitrogens with one attached hydrogen (secondary N) is 2. The highest BCUT2D eigenvalue weighted by atomic mass is 32.1. The maximum absolute atomic E-state index is 12.8. The molecule has 5 atom stereocenters. The first-order valence-electron chi connectivity index (χ1n) is 10.7. The lowest BCUT2D eigenvalue weighted by Gasteiger charge is -2.44. The highest BCUT2D eigenvalue weighted by molar-refractivity contribution is 7.80. The number of thiocarbonyl (C=S) groups is 1. The number of hydrogen-bond donors (Lipinski definition) is 2. The molecule has 1 aromatic carbocycles. The minimum atomic E-state index is -4.52. The average molecular weight is 551 g/mol. The third-order valence-electron chi connectivity index (χ3n) is 4.73. The van der Waals surface area contributed by atoms with Crippen LogP contribution in [0.5, 0.6) is 0 Å². The van der Waals surface area contributed by atoms with Crippen LogP contribution in [0.15, 0.2) is 24.3 Å². The average Bonchev–Trinajstić information content (AvgIpc) is 2.75. The highest BCUT2D eigenvalue weighted by Crippen LogP contribution is 2.30. The second-order valence-corrected chi connectivity index (χ2v) is 8.20. The van der Waals surface area contributed by atoms with E-state index in [0.717, 1.165) is 52.0 Å². The molecule has 2 rings (SSSR count). The number of benzene rings is 1. The second kappa shape index (κ2) is 12.7. The van der Waals surface area contributed by atoms with E-state index in [1.165, 1.54) is 0 Å². The van der Waals surface area contributed by atoms with Crippen LogP contribution in [0.4, 0.5) is 18.9 Å². The van der Waals surface area contributed by atoms with Gasteiger partial charge in [-0.25, -0.2) is 0 Å². The zero-order chi connectivity index (χ0) is 27.9. The van der Waals surface area contributed by atoms with E-state index in [4.69, 9.17) is 35.9 Å². The largest absolute Gasteiger partial charge is 0.463 e. The first kappa shape index (κ1) is 29.8. The fourth-order valence-electron chi connectivity index (χ4n) is 3.38. The number of anilines is 1. The third-order valence-corrected chi connectivity index (χ3v) is 4.95. The van der Waals surface area contributed by atoms with Crippen molar-refractivity contribution in [3.8, 4) is 0 Å². The predicted molar refractivity (Wildman–Crippen MR) is 123 cm³/mol. The molecule has 1 aliphatic rings. The maximum atomic E-state index is 12.8. The van der Waals surface area contributed by atoms with Gasteiger partial charge < -0.3 is 34.3 Å². The van der Waals surface area contributed by atoms with Crippen LogP contribution in [-0.4, -0.2) is 66.2 Å². The maximum Gasteiger partial charge on any atom is 0.416 e. The minimum absolute atomic E-state index is 0.166. The van der Waals surface area contributed by atoms with Crippen molar-refractivity contribution in [2.45, 2.75) is 64.5 Å². The van der Waals surface area contributed by atoms with Gasteiger partial charge >= 0.3 is 30.1 Å². The van der Waals surface area contributed by atoms with E-state index in [2.05, 4.69) is 10.6 Å². The van der Waals surface area contributed by atoms with Gasteiger partial charge in [0.15, 0.2) is 29.7 Å². The van der Waals surface area contributed by atoms with Crippen molar-refractivity contribution in [1.29, 1.82) is 0 Å². The van der Waals surface area contributed by atoms with Gasteiger partial charge in [0, 0.05) is 33.4 Å². The van der Waals surface area contributed by atoms with Gasteiger partial charge in [-0.15, -0.1) is 0 Å². The Morgan fingerprint density at radius 1 is 0.865 bits per heavy atom. The number of carbonyl (C=O) groups is 4. The van der Waals surface area contributed by atoms with Crippen molar-refractivity contribution in [2.24, 2.45) is 0 Å². The zero-order valence-corrected chi connectivity index (χ0v) is 20.9. The molecule has 15 heteroatoms. The molecule has 2 N–H and O–H groups in total. The van der Waals surface area contributed by atoms with Gasteiger partial charge in [0.2, 0.25) is 0 Å². The standard InChI is InChI=1S/C22H25F3N2O9S/c1-10(28)32-9-16-17(33-11(2)29)18(34-12(3)30)19(35-13(4)31)20(36-16)27-21(37)26-15-7-5-14(6-8-15)22(23,24)25/h5-8,16-20H,9H2,1-4H3,(H2,26,27,37)/t16-,17-,18+,19-,20-/m1/s1. The van der Waals surface area contributed by atoms with Crippen molar-refractivity contribution < 1.29 is 56.0 Å². The quantitative estimate of drug-likeness (QED) is 0.292. The first-order chi connectivity index (χ1) is 17.2. The molecule has 0 spiro atoms. The van der Waals surface area contributed by atoms with Crippen molar-refractivity contribution >= 4 is 46.9 Å². The number of halogens is 3. The fraction of sp³-hybridized carbons (Fsp3) is 0.500. The molecule has 0 saturated carbocycles. The summed E-state index contributed by atoms with van der Waals surface area (Å²) in [5, 5.41) is 5.18. The van der Waals surface area contributed by atoms with Gasteiger partial charge in [-0.2, -0.15) is 13.2 Å². The summed E-state index contributed by atoms with van der Waals surface area (Å²) in [5.74, 6) is -3.08. The SMILES string of the molecule is CC(=O)OC[C@H]1O[C@@H](NC(=S)Nc2ccc(C(F)(F)F)cc2)[C@H](OC(C)=O)[C@@H](OC(C)=O)[C@@H]1OC(C)=O. The van der Waals surface area contributed by atoms with Gasteiger partial charge in [-0.1, -0.05) is 0 Å². The summed E-state index contributed by atoms with van der Waals surface area (Å²) in [6.45, 7) is 3.93. The summed E-state index contributed by atoms with van der Waals surface area (Å²) in [6.07, 6.45) is -11.2. The molecule has 1 aliphatic heterocycles. The molecule has 204 valence electrons. The van der Waals surface area contributed by atoms with Crippen LogP contribution in [0.3, 0.4) is 0 Å². The molecule has 11 nitrogen and oxygen atoms in total. The summed E-state index contributed by atoms with van der Waals surface area (Å²) in [4.78, 5) is 46.8. The van der Waals surface area contributed by atoms with Crippen LogP contribution < -0.4 is 10.6 Å². The third kappa shape index (κ3) is 9.17. The van der Waals surface area contributed by atoms with E-state index in [9.17, 15) is 32.3 Å². The van der Waals surface area contributed by atoms with E-state index in [1.54, 1.807) is 0 Å². The van der Waals surface area contributed by atoms with Crippen LogP contribution in [-0.2, 0) is 49.0 Å². The molecule has 1 fully saturated rings. The Balaban J connectivity index is 2.33. The lowest BCUT2D eigenvalue weighted by atomic mass is 9.97. The lowest BCUT2D eigenvalue weighted by molar-refractivity contribution is -0.254.